The van der Waals surface area contributed by atoms with Gasteiger partial charge in [0.05, 0.1) is 20.8 Å². The van der Waals surface area contributed by atoms with Crippen molar-refractivity contribution in [1.29, 1.82) is 0 Å². The Kier molecular flexibility index (Phi) is 7.29. The van der Waals surface area contributed by atoms with Gasteiger partial charge in [0, 0.05) is 29.3 Å². The highest BCUT2D eigenvalue weighted by molar-refractivity contribution is 6.08. The Hall–Kier alpha value is -2.63. The standard InChI is InChI=1S/C24H31NO5/c1-5-6-7-13-30-24(27)21-15(2)25-17-9-8-10-18(26)23(17)22(21)16-11-12-19(28-3)20(14-16)29-4/h11-12,14,21-22H,5-10,13H2,1-4H3/t21?,22-/m0/s1. The molecule has 1 aliphatic carbocycles. The maximum absolute atomic E-state index is 13.1. The number of carbonyl (C=O) groups is 2. The van der Waals surface area contributed by atoms with Crippen molar-refractivity contribution in [2.75, 3.05) is 20.8 Å². The summed E-state index contributed by atoms with van der Waals surface area (Å²) in [4.78, 5) is 30.7. The topological polar surface area (TPSA) is 74.2 Å². The molecule has 0 radical (unpaired) electrons. The third-order valence-corrected chi connectivity index (χ3v) is 5.85. The van der Waals surface area contributed by atoms with E-state index in [0.717, 1.165) is 43.4 Å². The van der Waals surface area contributed by atoms with Crippen molar-refractivity contribution >= 4 is 17.5 Å². The maximum atomic E-state index is 13.1. The minimum absolute atomic E-state index is 0.0658. The molecule has 0 amide bonds. The van der Waals surface area contributed by atoms with E-state index in [1.54, 1.807) is 14.2 Å². The second-order valence-corrected chi connectivity index (χ2v) is 7.83. The lowest BCUT2D eigenvalue weighted by Crippen LogP contribution is -2.37. The summed E-state index contributed by atoms with van der Waals surface area (Å²) >= 11 is 0. The first kappa shape index (κ1) is 22.1. The number of benzene rings is 1. The zero-order chi connectivity index (χ0) is 21.7. The number of hydrogen-bond donors (Lipinski definition) is 0. The van der Waals surface area contributed by atoms with E-state index in [9.17, 15) is 9.59 Å². The number of unbranched alkanes of at least 4 members (excludes halogenated alkanes) is 2. The Balaban J connectivity index is 2.03. The Bertz CT molecular complexity index is 870. The molecule has 0 aromatic heterocycles. The predicted molar refractivity (Wildman–Crippen MR) is 115 cm³/mol. The summed E-state index contributed by atoms with van der Waals surface area (Å²) in [7, 11) is 3.15. The van der Waals surface area contributed by atoms with Gasteiger partial charge in [-0.1, -0.05) is 25.8 Å². The molecule has 0 spiro atoms. The number of esters is 1. The van der Waals surface area contributed by atoms with E-state index in [1.165, 1.54) is 0 Å². The third kappa shape index (κ3) is 4.42. The number of methoxy groups -OCH3 is 2. The molecule has 0 bridgehead atoms. The van der Waals surface area contributed by atoms with Crippen LogP contribution in [0.1, 0.15) is 63.9 Å². The molecule has 1 unspecified atom stereocenters. The van der Waals surface area contributed by atoms with Gasteiger partial charge in [0.25, 0.3) is 0 Å². The molecule has 1 heterocycles. The van der Waals surface area contributed by atoms with Crippen LogP contribution in [-0.2, 0) is 14.3 Å². The number of nitrogens with zero attached hydrogens (tertiary/aromatic N) is 1. The Morgan fingerprint density at radius 3 is 2.60 bits per heavy atom. The second kappa shape index (κ2) is 9.92. The van der Waals surface area contributed by atoms with E-state index in [1.807, 2.05) is 25.1 Å². The van der Waals surface area contributed by atoms with Gasteiger partial charge in [0.2, 0.25) is 0 Å². The van der Waals surface area contributed by atoms with Crippen LogP contribution in [0.5, 0.6) is 11.5 Å². The van der Waals surface area contributed by atoms with Gasteiger partial charge in [-0.3, -0.25) is 14.6 Å². The van der Waals surface area contributed by atoms with Gasteiger partial charge < -0.3 is 14.2 Å². The normalized spacial score (nSPS) is 21.1. The average molecular weight is 414 g/mol. The molecule has 30 heavy (non-hydrogen) atoms. The van der Waals surface area contributed by atoms with Crippen molar-refractivity contribution in [3.63, 3.8) is 0 Å². The molecular formula is C24H31NO5. The van der Waals surface area contributed by atoms with Crippen molar-refractivity contribution in [2.24, 2.45) is 10.9 Å². The van der Waals surface area contributed by atoms with Crippen LogP contribution in [0.25, 0.3) is 0 Å². The molecule has 2 atom stereocenters. The number of Topliss-reactive ketones (excluding diaryl/α,β-unsaturated/α-hetero) is 1. The van der Waals surface area contributed by atoms with Crippen LogP contribution in [-0.4, -0.2) is 38.3 Å². The van der Waals surface area contributed by atoms with Crippen LogP contribution < -0.4 is 9.47 Å². The van der Waals surface area contributed by atoms with E-state index in [0.29, 0.717) is 35.8 Å². The number of hydrogen-bond acceptors (Lipinski definition) is 6. The summed E-state index contributed by atoms with van der Waals surface area (Å²) in [5.41, 5.74) is 2.98. The fourth-order valence-corrected chi connectivity index (χ4v) is 4.33. The van der Waals surface area contributed by atoms with E-state index in [2.05, 4.69) is 11.9 Å². The van der Waals surface area contributed by atoms with Crippen LogP contribution in [0.2, 0.25) is 0 Å². The molecule has 1 aromatic rings. The van der Waals surface area contributed by atoms with E-state index >= 15 is 0 Å². The largest absolute Gasteiger partial charge is 0.493 e. The molecule has 0 fully saturated rings. The molecule has 6 heteroatoms. The highest BCUT2D eigenvalue weighted by Crippen LogP contribution is 2.45. The van der Waals surface area contributed by atoms with Crippen LogP contribution >= 0.6 is 0 Å². The van der Waals surface area contributed by atoms with Gasteiger partial charge >= 0.3 is 5.97 Å². The average Bonchev–Trinajstić information content (AvgIpc) is 2.75. The first-order valence-corrected chi connectivity index (χ1v) is 10.7. The third-order valence-electron chi connectivity index (χ3n) is 5.85. The SMILES string of the molecule is CCCCCOC(=O)C1C(C)=NC2=C(C(=O)CCC2)[C@H]1c1ccc(OC)c(OC)c1. The number of ketones is 1. The number of carbonyl (C=O) groups excluding carboxylic acids is 2. The minimum Gasteiger partial charge on any atom is -0.493 e. The fraction of sp³-hybridized carbons (Fsp3) is 0.542. The molecule has 0 saturated heterocycles. The van der Waals surface area contributed by atoms with E-state index in [4.69, 9.17) is 14.2 Å². The highest BCUT2D eigenvalue weighted by Gasteiger charge is 2.43. The molecule has 2 aliphatic rings. The maximum Gasteiger partial charge on any atom is 0.315 e. The molecule has 3 rings (SSSR count). The molecule has 1 aromatic carbocycles. The predicted octanol–water partition coefficient (Wildman–Crippen LogP) is 4.62. The number of allylic oxidation sites excluding steroid dienone is 2. The Labute approximate surface area is 178 Å². The molecule has 0 N–H and O–H groups in total. The van der Waals surface area contributed by atoms with E-state index in [-0.39, 0.29) is 11.8 Å². The van der Waals surface area contributed by atoms with Crippen molar-refractivity contribution in [2.45, 2.75) is 58.3 Å². The lowest BCUT2D eigenvalue weighted by Gasteiger charge is -2.34. The summed E-state index contributed by atoms with van der Waals surface area (Å²) in [5, 5.41) is 0. The summed E-state index contributed by atoms with van der Waals surface area (Å²) < 4.78 is 16.4. The van der Waals surface area contributed by atoms with Crippen LogP contribution in [0, 0.1) is 5.92 Å². The smallest absolute Gasteiger partial charge is 0.315 e. The second-order valence-electron chi connectivity index (χ2n) is 7.83. The summed E-state index contributed by atoms with van der Waals surface area (Å²) in [6, 6.07) is 5.56. The molecule has 0 saturated carbocycles. The molecule has 1 aliphatic heterocycles. The molecule has 6 nitrogen and oxygen atoms in total. The fourth-order valence-electron chi connectivity index (χ4n) is 4.33. The summed E-state index contributed by atoms with van der Waals surface area (Å²) in [6.07, 6.45) is 4.92. The zero-order valence-electron chi connectivity index (χ0n) is 18.3. The Morgan fingerprint density at radius 2 is 1.90 bits per heavy atom. The summed E-state index contributed by atoms with van der Waals surface area (Å²) in [5.74, 6) is -0.136. The first-order chi connectivity index (χ1) is 14.5. The summed E-state index contributed by atoms with van der Waals surface area (Å²) in [6.45, 7) is 4.35. The monoisotopic (exact) mass is 413 g/mol. The van der Waals surface area contributed by atoms with Crippen LogP contribution in [0.4, 0.5) is 0 Å². The minimum atomic E-state index is -0.620. The van der Waals surface area contributed by atoms with Crippen molar-refractivity contribution in [1.82, 2.24) is 0 Å². The van der Waals surface area contributed by atoms with Gasteiger partial charge in [-0.25, -0.2) is 0 Å². The van der Waals surface area contributed by atoms with Gasteiger partial charge in [-0.05, 0) is 43.9 Å². The van der Waals surface area contributed by atoms with Crippen molar-refractivity contribution in [3.8, 4) is 11.5 Å². The van der Waals surface area contributed by atoms with Gasteiger partial charge in [-0.15, -0.1) is 0 Å². The first-order valence-electron chi connectivity index (χ1n) is 10.7. The van der Waals surface area contributed by atoms with Gasteiger partial charge in [-0.2, -0.15) is 0 Å². The molecular weight excluding hydrogens is 382 g/mol. The highest BCUT2D eigenvalue weighted by atomic mass is 16.5. The lowest BCUT2D eigenvalue weighted by atomic mass is 9.71. The quantitative estimate of drug-likeness (QED) is 0.459. The zero-order valence-corrected chi connectivity index (χ0v) is 18.3. The van der Waals surface area contributed by atoms with Gasteiger partial charge in [0.1, 0.15) is 5.92 Å². The lowest BCUT2D eigenvalue weighted by molar-refractivity contribution is -0.146. The van der Waals surface area contributed by atoms with Crippen molar-refractivity contribution in [3.05, 3.63) is 35.0 Å². The van der Waals surface area contributed by atoms with Gasteiger partial charge in [0.15, 0.2) is 17.3 Å². The number of aliphatic imine (C=N–C) groups is 1. The number of rotatable bonds is 8. The van der Waals surface area contributed by atoms with Crippen molar-refractivity contribution < 1.29 is 23.8 Å². The molecule has 162 valence electrons. The van der Waals surface area contributed by atoms with Crippen LogP contribution in [0.3, 0.4) is 0 Å². The van der Waals surface area contributed by atoms with Crippen LogP contribution in [0.15, 0.2) is 34.5 Å². The number of ether oxygens (including phenoxy) is 3. The Morgan fingerprint density at radius 1 is 1.13 bits per heavy atom. The van der Waals surface area contributed by atoms with E-state index < -0.39 is 11.8 Å².